The van der Waals surface area contributed by atoms with E-state index < -0.39 is 0 Å². The number of hydrogen-bond acceptors (Lipinski definition) is 4. The first-order valence-corrected chi connectivity index (χ1v) is 8.94. The number of nitrogens with one attached hydrogen (secondary N) is 2. The van der Waals surface area contributed by atoms with Crippen LogP contribution in [0.5, 0.6) is 11.5 Å². The molecule has 2 atom stereocenters. The molecule has 1 aromatic rings. The number of aryl methyl sites for hydroxylation is 1. The van der Waals surface area contributed by atoms with Crippen molar-refractivity contribution in [3.05, 3.63) is 17.7 Å². The van der Waals surface area contributed by atoms with Gasteiger partial charge in [0.2, 0.25) is 0 Å². The highest BCUT2D eigenvalue weighted by Gasteiger charge is 2.21. The summed E-state index contributed by atoms with van der Waals surface area (Å²) >= 11 is 0. The standard InChI is InChI=1S/C19H30N2O4/c1-13-7-5-6-8-16(13)25-10-9-20-19(22)21-15-12-18(24-4)17(23-3)11-14(15)2/h11-13,16H,5-10H2,1-4H3,(H2,20,21,22)/t13-,16-/m1/s1. The molecule has 0 unspecified atom stereocenters. The molecule has 1 fully saturated rings. The minimum atomic E-state index is -0.254. The summed E-state index contributed by atoms with van der Waals surface area (Å²) in [5.74, 6) is 1.83. The van der Waals surface area contributed by atoms with Gasteiger partial charge in [0, 0.05) is 18.3 Å². The Kier molecular flexibility index (Phi) is 7.37. The molecule has 140 valence electrons. The quantitative estimate of drug-likeness (QED) is 0.735. The molecule has 2 rings (SSSR count). The summed E-state index contributed by atoms with van der Waals surface area (Å²) in [6, 6.07) is 3.34. The Hall–Kier alpha value is -1.95. The Balaban J connectivity index is 1.78. The van der Waals surface area contributed by atoms with Crippen molar-refractivity contribution in [1.29, 1.82) is 0 Å². The van der Waals surface area contributed by atoms with E-state index in [1.807, 2.05) is 13.0 Å². The molecule has 1 aliphatic rings. The molecular formula is C19H30N2O4. The molecule has 2 amide bonds. The molecule has 0 radical (unpaired) electrons. The molecule has 0 bridgehead atoms. The van der Waals surface area contributed by atoms with E-state index in [2.05, 4.69) is 17.6 Å². The van der Waals surface area contributed by atoms with Gasteiger partial charge in [0.25, 0.3) is 0 Å². The number of urea groups is 1. The zero-order valence-corrected chi connectivity index (χ0v) is 15.7. The lowest BCUT2D eigenvalue weighted by Gasteiger charge is -2.28. The number of amides is 2. The Labute approximate surface area is 150 Å². The number of anilines is 1. The summed E-state index contributed by atoms with van der Waals surface area (Å²) in [6.45, 7) is 5.17. The van der Waals surface area contributed by atoms with Gasteiger partial charge >= 0.3 is 6.03 Å². The van der Waals surface area contributed by atoms with Crippen LogP contribution in [-0.2, 0) is 4.74 Å². The van der Waals surface area contributed by atoms with Crippen molar-refractivity contribution in [2.75, 3.05) is 32.7 Å². The van der Waals surface area contributed by atoms with Crippen LogP contribution in [0.2, 0.25) is 0 Å². The van der Waals surface area contributed by atoms with Gasteiger partial charge in [-0.1, -0.05) is 19.8 Å². The second-order valence-corrected chi connectivity index (χ2v) is 6.57. The van der Waals surface area contributed by atoms with Gasteiger partial charge < -0.3 is 24.8 Å². The first-order valence-electron chi connectivity index (χ1n) is 8.94. The SMILES string of the molecule is COc1cc(C)c(NC(=O)NCCO[C@@H]2CCCC[C@H]2C)cc1OC. The topological polar surface area (TPSA) is 68.8 Å². The normalized spacial score (nSPS) is 20.0. The zero-order valence-electron chi connectivity index (χ0n) is 15.7. The third-order valence-electron chi connectivity index (χ3n) is 4.73. The molecule has 6 heteroatoms. The Bertz CT molecular complexity index is 577. The first kappa shape index (κ1) is 19.4. The second-order valence-electron chi connectivity index (χ2n) is 6.57. The molecule has 0 aliphatic heterocycles. The second kappa shape index (κ2) is 9.51. The number of ether oxygens (including phenoxy) is 3. The maximum atomic E-state index is 12.1. The molecule has 0 spiro atoms. The highest BCUT2D eigenvalue weighted by molar-refractivity contribution is 5.90. The average molecular weight is 350 g/mol. The van der Waals surface area contributed by atoms with Crippen LogP contribution in [0.25, 0.3) is 0 Å². The van der Waals surface area contributed by atoms with Crippen molar-refractivity contribution in [3.8, 4) is 11.5 Å². The molecule has 0 heterocycles. The summed E-state index contributed by atoms with van der Waals surface area (Å²) in [4.78, 5) is 12.1. The van der Waals surface area contributed by atoms with E-state index in [9.17, 15) is 4.79 Å². The summed E-state index contributed by atoms with van der Waals surface area (Å²) in [6.07, 6.45) is 5.22. The summed E-state index contributed by atoms with van der Waals surface area (Å²) in [5.41, 5.74) is 1.59. The van der Waals surface area contributed by atoms with Gasteiger partial charge in [-0.25, -0.2) is 4.79 Å². The van der Waals surface area contributed by atoms with E-state index in [0.29, 0.717) is 42.4 Å². The minimum absolute atomic E-state index is 0.254. The molecule has 0 saturated heterocycles. The van der Waals surface area contributed by atoms with Gasteiger partial charge in [-0.2, -0.15) is 0 Å². The number of carbonyl (C=O) groups is 1. The van der Waals surface area contributed by atoms with Crippen molar-refractivity contribution in [2.24, 2.45) is 5.92 Å². The van der Waals surface area contributed by atoms with E-state index in [-0.39, 0.29) is 6.03 Å². The first-order chi connectivity index (χ1) is 12.0. The van der Waals surface area contributed by atoms with Crippen molar-refractivity contribution in [1.82, 2.24) is 5.32 Å². The number of benzene rings is 1. The van der Waals surface area contributed by atoms with Crippen molar-refractivity contribution in [2.45, 2.75) is 45.6 Å². The fourth-order valence-electron chi connectivity index (χ4n) is 3.19. The van der Waals surface area contributed by atoms with Crippen LogP contribution in [-0.4, -0.2) is 39.5 Å². The van der Waals surface area contributed by atoms with Gasteiger partial charge in [-0.3, -0.25) is 0 Å². The fraction of sp³-hybridized carbons (Fsp3) is 0.632. The lowest BCUT2D eigenvalue weighted by Crippen LogP contribution is -2.34. The number of methoxy groups -OCH3 is 2. The number of carbonyl (C=O) groups excluding carboxylic acids is 1. The van der Waals surface area contributed by atoms with Crippen LogP contribution in [0, 0.1) is 12.8 Å². The molecule has 1 aromatic carbocycles. The third kappa shape index (κ3) is 5.53. The van der Waals surface area contributed by atoms with E-state index in [1.165, 1.54) is 19.3 Å². The van der Waals surface area contributed by atoms with Gasteiger partial charge in [0.15, 0.2) is 11.5 Å². The van der Waals surface area contributed by atoms with E-state index in [4.69, 9.17) is 14.2 Å². The van der Waals surface area contributed by atoms with Crippen molar-refractivity contribution < 1.29 is 19.0 Å². The van der Waals surface area contributed by atoms with Crippen LogP contribution in [0.15, 0.2) is 12.1 Å². The van der Waals surface area contributed by atoms with Crippen LogP contribution >= 0.6 is 0 Å². The fourth-order valence-corrected chi connectivity index (χ4v) is 3.19. The monoisotopic (exact) mass is 350 g/mol. The number of hydrogen-bond donors (Lipinski definition) is 2. The van der Waals surface area contributed by atoms with Crippen LogP contribution in [0.1, 0.15) is 38.2 Å². The van der Waals surface area contributed by atoms with Gasteiger partial charge in [-0.05, 0) is 37.3 Å². The predicted octanol–water partition coefficient (Wildman–Crippen LogP) is 3.73. The zero-order chi connectivity index (χ0) is 18.2. The highest BCUT2D eigenvalue weighted by Crippen LogP contribution is 2.32. The van der Waals surface area contributed by atoms with Crippen molar-refractivity contribution in [3.63, 3.8) is 0 Å². The lowest BCUT2D eigenvalue weighted by molar-refractivity contribution is -0.00232. The number of rotatable bonds is 7. The van der Waals surface area contributed by atoms with Crippen LogP contribution in [0.3, 0.4) is 0 Å². The molecule has 2 N–H and O–H groups in total. The van der Waals surface area contributed by atoms with E-state index in [1.54, 1.807) is 20.3 Å². The van der Waals surface area contributed by atoms with Crippen LogP contribution < -0.4 is 20.1 Å². The van der Waals surface area contributed by atoms with Gasteiger partial charge in [-0.15, -0.1) is 0 Å². The summed E-state index contributed by atoms with van der Waals surface area (Å²) < 4.78 is 16.4. The lowest BCUT2D eigenvalue weighted by atomic mass is 9.88. The smallest absolute Gasteiger partial charge is 0.319 e. The van der Waals surface area contributed by atoms with E-state index in [0.717, 1.165) is 12.0 Å². The van der Waals surface area contributed by atoms with E-state index >= 15 is 0 Å². The minimum Gasteiger partial charge on any atom is -0.493 e. The molecular weight excluding hydrogens is 320 g/mol. The van der Waals surface area contributed by atoms with Gasteiger partial charge in [0.05, 0.1) is 26.9 Å². The van der Waals surface area contributed by atoms with Crippen LogP contribution in [0.4, 0.5) is 10.5 Å². The molecule has 0 aromatic heterocycles. The third-order valence-corrected chi connectivity index (χ3v) is 4.73. The van der Waals surface area contributed by atoms with Crippen molar-refractivity contribution >= 4 is 11.7 Å². The molecule has 6 nitrogen and oxygen atoms in total. The predicted molar refractivity (Wildman–Crippen MR) is 98.7 cm³/mol. The molecule has 1 aliphatic carbocycles. The maximum Gasteiger partial charge on any atom is 0.319 e. The van der Waals surface area contributed by atoms with Gasteiger partial charge in [0.1, 0.15) is 0 Å². The Morgan fingerprint density at radius 2 is 1.84 bits per heavy atom. The highest BCUT2D eigenvalue weighted by atomic mass is 16.5. The molecule has 1 saturated carbocycles. The summed E-state index contributed by atoms with van der Waals surface area (Å²) in [5, 5.41) is 5.67. The Morgan fingerprint density at radius 3 is 2.52 bits per heavy atom. The summed E-state index contributed by atoms with van der Waals surface area (Å²) in [7, 11) is 3.16. The average Bonchev–Trinajstić information content (AvgIpc) is 2.61. The largest absolute Gasteiger partial charge is 0.493 e. The Morgan fingerprint density at radius 1 is 1.16 bits per heavy atom. The maximum absolute atomic E-state index is 12.1. The molecule has 25 heavy (non-hydrogen) atoms.